The fourth-order valence-corrected chi connectivity index (χ4v) is 5.14. The van der Waals surface area contributed by atoms with Gasteiger partial charge in [0.15, 0.2) is 0 Å². The van der Waals surface area contributed by atoms with Gasteiger partial charge in [-0.2, -0.15) is 0 Å². The van der Waals surface area contributed by atoms with Gasteiger partial charge in [-0.15, -0.1) is 11.3 Å². The Bertz CT molecular complexity index is 779. The van der Waals surface area contributed by atoms with Crippen molar-refractivity contribution >= 4 is 37.4 Å². The zero-order valence-corrected chi connectivity index (χ0v) is 14.4. The number of aryl methyl sites for hydroxylation is 2. The molecule has 8 heteroatoms. The Morgan fingerprint density at radius 2 is 2.00 bits per heavy atom. The molecule has 22 heavy (non-hydrogen) atoms. The highest BCUT2D eigenvalue weighted by molar-refractivity contribution is 7.89. The number of nitrogens with one attached hydrogen (secondary N) is 1. The lowest BCUT2D eigenvalue weighted by Gasteiger charge is -2.15. The fraction of sp³-hybridized carbons (Fsp3) is 0.571. The second-order valence-electron chi connectivity index (χ2n) is 5.53. The molecule has 0 radical (unpaired) electrons. The van der Waals surface area contributed by atoms with Crippen LogP contribution in [-0.4, -0.2) is 48.1 Å². The lowest BCUT2D eigenvalue weighted by Crippen LogP contribution is -2.32. The number of anilines is 1. The first-order valence-corrected chi connectivity index (χ1v) is 9.84. The summed E-state index contributed by atoms with van der Waals surface area (Å²) in [6, 6.07) is 0. The second-order valence-corrected chi connectivity index (χ2v) is 8.83. The molecule has 0 spiro atoms. The highest BCUT2D eigenvalue weighted by atomic mass is 32.2. The van der Waals surface area contributed by atoms with Crippen molar-refractivity contribution in [1.29, 1.82) is 0 Å². The SMILES string of the molecule is Cc1sc2ncnc(NCCS(=O)(=O)N3CCCC3)c2c1C. The molecule has 3 heterocycles. The highest BCUT2D eigenvalue weighted by Crippen LogP contribution is 2.32. The molecule has 1 fully saturated rings. The third-order valence-electron chi connectivity index (χ3n) is 4.08. The maximum atomic E-state index is 12.2. The van der Waals surface area contributed by atoms with E-state index in [1.54, 1.807) is 15.6 Å². The van der Waals surface area contributed by atoms with Gasteiger partial charge in [-0.3, -0.25) is 0 Å². The maximum absolute atomic E-state index is 12.2. The van der Waals surface area contributed by atoms with Gasteiger partial charge in [-0.1, -0.05) is 0 Å². The van der Waals surface area contributed by atoms with E-state index in [0.29, 0.717) is 19.6 Å². The van der Waals surface area contributed by atoms with E-state index in [1.807, 2.05) is 6.92 Å². The Morgan fingerprint density at radius 1 is 1.27 bits per heavy atom. The van der Waals surface area contributed by atoms with Gasteiger partial charge in [0.05, 0.1) is 11.1 Å². The van der Waals surface area contributed by atoms with Crippen molar-refractivity contribution in [3.63, 3.8) is 0 Å². The largest absolute Gasteiger partial charge is 0.368 e. The van der Waals surface area contributed by atoms with Crippen molar-refractivity contribution in [3.8, 4) is 0 Å². The number of aromatic nitrogens is 2. The van der Waals surface area contributed by atoms with E-state index < -0.39 is 10.0 Å². The summed E-state index contributed by atoms with van der Waals surface area (Å²) in [5.41, 5.74) is 1.16. The number of hydrogen-bond donors (Lipinski definition) is 1. The molecule has 0 atom stereocenters. The molecule has 1 N–H and O–H groups in total. The number of rotatable bonds is 5. The molecule has 3 rings (SSSR count). The first kappa shape index (κ1) is 15.6. The number of hydrogen-bond acceptors (Lipinski definition) is 6. The summed E-state index contributed by atoms with van der Waals surface area (Å²) in [7, 11) is -3.16. The van der Waals surface area contributed by atoms with Crippen molar-refractivity contribution in [2.24, 2.45) is 0 Å². The van der Waals surface area contributed by atoms with Crippen LogP contribution >= 0.6 is 11.3 Å². The standard InChI is InChI=1S/C14H20N4O2S2/c1-10-11(2)21-14-12(10)13(16-9-17-14)15-5-8-22(19,20)18-6-3-4-7-18/h9H,3-8H2,1-2H3,(H,15,16,17). The molecule has 1 aliphatic rings. The minimum Gasteiger partial charge on any atom is -0.368 e. The molecule has 0 aromatic carbocycles. The normalized spacial score (nSPS) is 16.5. The van der Waals surface area contributed by atoms with E-state index in [1.165, 1.54) is 11.2 Å². The summed E-state index contributed by atoms with van der Waals surface area (Å²) in [4.78, 5) is 10.7. The summed E-state index contributed by atoms with van der Waals surface area (Å²) in [6.07, 6.45) is 3.45. The van der Waals surface area contributed by atoms with Crippen LogP contribution in [0, 0.1) is 13.8 Å². The minimum atomic E-state index is -3.16. The lowest BCUT2D eigenvalue weighted by atomic mass is 10.2. The number of nitrogens with zero attached hydrogens (tertiary/aromatic N) is 3. The van der Waals surface area contributed by atoms with Gasteiger partial charge in [-0.05, 0) is 32.3 Å². The van der Waals surface area contributed by atoms with Gasteiger partial charge < -0.3 is 5.32 Å². The Balaban J connectivity index is 1.72. The van der Waals surface area contributed by atoms with E-state index in [0.717, 1.165) is 34.4 Å². The molecule has 120 valence electrons. The molecule has 2 aromatic rings. The van der Waals surface area contributed by atoms with Gasteiger partial charge in [0.1, 0.15) is 17.0 Å². The van der Waals surface area contributed by atoms with Gasteiger partial charge in [0.2, 0.25) is 10.0 Å². The van der Waals surface area contributed by atoms with Crippen LogP contribution in [0.5, 0.6) is 0 Å². The average molecular weight is 340 g/mol. The average Bonchev–Trinajstić information content (AvgIpc) is 3.09. The summed E-state index contributed by atoms with van der Waals surface area (Å²) >= 11 is 1.63. The molecule has 0 bridgehead atoms. The van der Waals surface area contributed by atoms with Crippen molar-refractivity contribution in [3.05, 3.63) is 16.8 Å². The van der Waals surface area contributed by atoms with E-state index in [9.17, 15) is 8.42 Å². The molecule has 0 saturated carbocycles. The Labute approximate surface area is 134 Å². The Kier molecular flexibility index (Phi) is 4.33. The zero-order valence-electron chi connectivity index (χ0n) is 12.8. The molecule has 0 aliphatic carbocycles. The minimum absolute atomic E-state index is 0.0979. The second kappa shape index (κ2) is 6.10. The Morgan fingerprint density at radius 3 is 2.73 bits per heavy atom. The molecule has 6 nitrogen and oxygen atoms in total. The van der Waals surface area contributed by atoms with Crippen molar-refractivity contribution in [1.82, 2.24) is 14.3 Å². The highest BCUT2D eigenvalue weighted by Gasteiger charge is 2.24. The van der Waals surface area contributed by atoms with E-state index in [-0.39, 0.29) is 5.75 Å². The summed E-state index contributed by atoms with van der Waals surface area (Å²) in [5.74, 6) is 0.823. The van der Waals surface area contributed by atoms with Crippen LogP contribution in [-0.2, 0) is 10.0 Å². The molecule has 1 saturated heterocycles. The maximum Gasteiger partial charge on any atom is 0.215 e. The smallest absolute Gasteiger partial charge is 0.215 e. The zero-order chi connectivity index (χ0) is 15.7. The van der Waals surface area contributed by atoms with Gasteiger partial charge in [0, 0.05) is 24.5 Å². The molecule has 2 aromatic heterocycles. The summed E-state index contributed by atoms with van der Waals surface area (Å²) < 4.78 is 26.0. The van der Waals surface area contributed by atoms with E-state index >= 15 is 0 Å². The van der Waals surface area contributed by atoms with Gasteiger partial charge in [0.25, 0.3) is 0 Å². The lowest BCUT2D eigenvalue weighted by molar-refractivity contribution is 0.478. The van der Waals surface area contributed by atoms with Crippen molar-refractivity contribution in [2.75, 3.05) is 30.7 Å². The molecular weight excluding hydrogens is 320 g/mol. The first-order valence-electron chi connectivity index (χ1n) is 7.41. The van der Waals surface area contributed by atoms with Crippen LogP contribution < -0.4 is 5.32 Å². The Hall–Kier alpha value is -1.25. The quantitative estimate of drug-likeness (QED) is 0.902. The van der Waals surface area contributed by atoms with Crippen LogP contribution in [0.4, 0.5) is 5.82 Å². The fourth-order valence-electron chi connectivity index (χ4n) is 2.71. The topological polar surface area (TPSA) is 75.2 Å². The van der Waals surface area contributed by atoms with Gasteiger partial charge in [-0.25, -0.2) is 22.7 Å². The van der Waals surface area contributed by atoms with Crippen molar-refractivity contribution in [2.45, 2.75) is 26.7 Å². The molecular formula is C14H20N4O2S2. The molecule has 0 unspecified atom stereocenters. The van der Waals surface area contributed by atoms with E-state index in [2.05, 4.69) is 22.2 Å². The number of thiophene rings is 1. The van der Waals surface area contributed by atoms with Crippen LogP contribution in [0.1, 0.15) is 23.3 Å². The summed E-state index contributed by atoms with van der Waals surface area (Å²) in [5, 5.41) is 4.17. The van der Waals surface area contributed by atoms with Crippen LogP contribution in [0.3, 0.4) is 0 Å². The monoisotopic (exact) mass is 340 g/mol. The van der Waals surface area contributed by atoms with Crippen LogP contribution in [0.15, 0.2) is 6.33 Å². The van der Waals surface area contributed by atoms with Crippen molar-refractivity contribution < 1.29 is 8.42 Å². The van der Waals surface area contributed by atoms with Crippen LogP contribution in [0.2, 0.25) is 0 Å². The van der Waals surface area contributed by atoms with E-state index in [4.69, 9.17) is 0 Å². The summed E-state index contributed by atoms with van der Waals surface area (Å²) in [6.45, 7) is 5.78. The van der Waals surface area contributed by atoms with Gasteiger partial charge >= 0.3 is 0 Å². The number of fused-ring (bicyclic) bond motifs is 1. The predicted molar refractivity (Wildman–Crippen MR) is 90.0 cm³/mol. The third kappa shape index (κ3) is 2.95. The number of sulfonamides is 1. The molecule has 0 amide bonds. The van der Waals surface area contributed by atoms with Crippen LogP contribution in [0.25, 0.3) is 10.2 Å². The predicted octanol–water partition coefficient (Wildman–Crippen LogP) is 2.15. The first-order chi connectivity index (χ1) is 10.5. The third-order valence-corrected chi connectivity index (χ3v) is 7.06. The molecule has 1 aliphatic heterocycles.